The van der Waals surface area contributed by atoms with Gasteiger partial charge in [-0.15, -0.1) is 0 Å². The molecule has 0 radical (unpaired) electrons. The molecule has 182 valence electrons. The Balaban J connectivity index is 1.96. The van der Waals surface area contributed by atoms with Gasteiger partial charge in [0.25, 0.3) is 0 Å². The molecule has 0 saturated carbocycles. The Kier molecular flexibility index (Phi) is 6.42. The van der Waals surface area contributed by atoms with Crippen molar-refractivity contribution in [3.05, 3.63) is 83.6 Å². The summed E-state index contributed by atoms with van der Waals surface area (Å²) in [6.45, 7) is 8.35. The van der Waals surface area contributed by atoms with Crippen molar-refractivity contribution in [1.29, 1.82) is 0 Å². The number of rotatable bonds is 3. The maximum absolute atomic E-state index is 14.1. The molecular weight excluding hydrogens is 504 g/mol. The predicted octanol–water partition coefficient (Wildman–Crippen LogP) is 8.74. The van der Waals surface area contributed by atoms with E-state index < -0.39 is 25.0 Å². The number of pyridine rings is 1. The number of halogens is 3. The van der Waals surface area contributed by atoms with Crippen LogP contribution in [0, 0.1) is 6.92 Å². The van der Waals surface area contributed by atoms with Crippen LogP contribution in [0.5, 0.6) is 0 Å². The molecule has 0 bridgehead atoms. The number of benzene rings is 3. The molecular formula is C30H32F3GeN. The third-order valence-electron chi connectivity index (χ3n) is 6.56. The third-order valence-corrected chi connectivity index (χ3v) is 10.8. The quantitative estimate of drug-likeness (QED) is 0.239. The maximum atomic E-state index is 14.1. The van der Waals surface area contributed by atoms with Crippen LogP contribution in [0.15, 0.2) is 66.9 Å². The van der Waals surface area contributed by atoms with E-state index in [0.29, 0.717) is 11.3 Å². The fourth-order valence-electron chi connectivity index (χ4n) is 4.57. The van der Waals surface area contributed by atoms with Crippen molar-refractivity contribution >= 4 is 28.4 Å². The molecule has 4 aromatic rings. The summed E-state index contributed by atoms with van der Waals surface area (Å²) in [5.74, 6) is 6.85. The Morgan fingerprint density at radius 1 is 0.771 bits per heavy atom. The molecule has 0 aliphatic carbocycles. The average Bonchev–Trinajstić information content (AvgIpc) is 2.76. The summed E-state index contributed by atoms with van der Waals surface area (Å²) in [5, 5.41) is 2.20. The van der Waals surface area contributed by atoms with Gasteiger partial charge in [-0.2, -0.15) is 0 Å². The number of nitrogens with zero attached hydrogens (tertiary/aromatic N) is 1. The van der Waals surface area contributed by atoms with E-state index in [1.165, 1.54) is 4.40 Å². The van der Waals surface area contributed by atoms with E-state index in [4.69, 9.17) is 0 Å². The number of aromatic nitrogens is 1. The first-order valence-corrected chi connectivity index (χ1v) is 19.2. The molecule has 1 aromatic heterocycles. The van der Waals surface area contributed by atoms with E-state index in [9.17, 15) is 13.2 Å². The first-order valence-electron chi connectivity index (χ1n) is 11.9. The molecule has 1 heterocycles. The minimum absolute atomic E-state index is 0.130. The molecule has 0 saturated heterocycles. The van der Waals surface area contributed by atoms with Crippen LogP contribution in [0.25, 0.3) is 33.2 Å². The van der Waals surface area contributed by atoms with Gasteiger partial charge in [-0.05, 0) is 0 Å². The monoisotopic (exact) mass is 537 g/mol. The number of hydrogen-bond acceptors (Lipinski definition) is 1. The summed E-state index contributed by atoms with van der Waals surface area (Å²) in [5.41, 5.74) is 3.32. The summed E-state index contributed by atoms with van der Waals surface area (Å²) >= 11 is -2.11. The summed E-state index contributed by atoms with van der Waals surface area (Å²) in [6.07, 6.45) is -3.50. The van der Waals surface area contributed by atoms with Gasteiger partial charge < -0.3 is 0 Å². The van der Waals surface area contributed by atoms with Crippen molar-refractivity contribution in [3.63, 3.8) is 0 Å². The molecule has 0 spiro atoms. The van der Waals surface area contributed by atoms with Crippen LogP contribution in [0.2, 0.25) is 17.3 Å². The molecule has 35 heavy (non-hydrogen) atoms. The summed E-state index contributed by atoms with van der Waals surface area (Å²) < 4.78 is 43.5. The van der Waals surface area contributed by atoms with Crippen LogP contribution in [0.3, 0.4) is 0 Å². The van der Waals surface area contributed by atoms with Gasteiger partial charge in [0.15, 0.2) is 0 Å². The van der Waals surface area contributed by atoms with E-state index in [1.54, 1.807) is 6.07 Å². The molecule has 5 heteroatoms. The van der Waals surface area contributed by atoms with Crippen molar-refractivity contribution in [1.82, 2.24) is 4.98 Å². The average molecular weight is 536 g/mol. The normalized spacial score (nSPS) is 12.9. The van der Waals surface area contributed by atoms with Crippen molar-refractivity contribution in [2.45, 2.75) is 56.6 Å². The molecule has 0 atom stereocenters. The Morgan fingerprint density at radius 3 is 2.06 bits per heavy atom. The van der Waals surface area contributed by atoms with E-state index in [0.717, 1.165) is 33.7 Å². The molecule has 0 N–H and O–H groups in total. The molecule has 4 rings (SSSR count). The van der Waals surface area contributed by atoms with Crippen LogP contribution in [0.4, 0.5) is 13.2 Å². The van der Waals surface area contributed by atoms with E-state index in [1.807, 2.05) is 43.3 Å². The summed E-state index contributed by atoms with van der Waals surface area (Å²) in [4.78, 5) is 4.31. The van der Waals surface area contributed by atoms with Crippen molar-refractivity contribution < 1.29 is 13.2 Å². The number of aryl methyl sites for hydroxylation is 1. The zero-order valence-electron chi connectivity index (χ0n) is 21.4. The first-order chi connectivity index (χ1) is 16.2. The van der Waals surface area contributed by atoms with Gasteiger partial charge in [0.05, 0.1) is 0 Å². The number of alkyl halides is 3. The van der Waals surface area contributed by atoms with Gasteiger partial charge in [0.1, 0.15) is 0 Å². The third kappa shape index (κ3) is 5.18. The van der Waals surface area contributed by atoms with Gasteiger partial charge in [0.2, 0.25) is 0 Å². The molecule has 3 aromatic carbocycles. The van der Waals surface area contributed by atoms with Gasteiger partial charge in [-0.1, -0.05) is 6.07 Å². The zero-order valence-corrected chi connectivity index (χ0v) is 23.5. The van der Waals surface area contributed by atoms with Crippen molar-refractivity contribution in [3.8, 4) is 22.4 Å². The fraction of sp³-hybridized carbons (Fsp3) is 0.300. The Bertz CT molecular complexity index is 1410. The molecule has 0 unspecified atom stereocenters. The minimum atomic E-state index is -4.49. The van der Waals surface area contributed by atoms with E-state index in [-0.39, 0.29) is 11.0 Å². The zero-order chi connectivity index (χ0) is 25.8. The number of fused-ring (bicyclic) bond motifs is 1. The van der Waals surface area contributed by atoms with E-state index in [2.05, 4.69) is 61.2 Å². The Labute approximate surface area is 208 Å². The Morgan fingerprint density at radius 2 is 1.46 bits per heavy atom. The van der Waals surface area contributed by atoms with Crippen LogP contribution >= 0.6 is 0 Å². The second-order valence-corrected chi connectivity index (χ2v) is 22.0. The van der Waals surface area contributed by atoms with Gasteiger partial charge >= 0.3 is 203 Å². The van der Waals surface area contributed by atoms with E-state index >= 15 is 0 Å². The first kappa shape index (κ1) is 25.5. The predicted molar refractivity (Wildman–Crippen MR) is 144 cm³/mol. The topological polar surface area (TPSA) is 12.9 Å². The fourth-order valence-corrected chi connectivity index (χ4v) is 7.16. The molecule has 0 aliphatic rings. The molecule has 0 aliphatic heterocycles. The molecule has 0 amide bonds. The van der Waals surface area contributed by atoms with Gasteiger partial charge in [-0.3, -0.25) is 0 Å². The SMILES string of the molecule is Cc1c[c]([Ge]([CH3])([CH3])[CH3])ccc1-c1cc(-c2cc(C(C)(C)C)c3ccccc3c2)ncc1C(F)(F)F. The molecule has 0 fully saturated rings. The summed E-state index contributed by atoms with van der Waals surface area (Å²) in [7, 11) is 0. The van der Waals surface area contributed by atoms with Gasteiger partial charge in [-0.25, -0.2) is 0 Å². The van der Waals surface area contributed by atoms with Crippen LogP contribution < -0.4 is 4.40 Å². The summed E-state index contributed by atoms with van der Waals surface area (Å²) in [6, 6.07) is 19.8. The Hall–Kier alpha value is -2.60. The molecule has 1 nitrogen and oxygen atoms in total. The standard InChI is InChI=1S/C30H32F3GeN/c1-19-14-22(34(5,6)7)12-13-23(19)25-17-28(35-18-27(25)30(31,32)33)21-15-20-10-8-9-11-24(20)26(16-21)29(2,3)4/h8-18H,1-7H3. The second-order valence-electron chi connectivity index (χ2n) is 11.4. The second kappa shape index (κ2) is 8.81. The van der Waals surface area contributed by atoms with Crippen molar-refractivity contribution in [2.24, 2.45) is 0 Å². The number of hydrogen-bond donors (Lipinski definition) is 0. The van der Waals surface area contributed by atoms with Crippen molar-refractivity contribution in [2.75, 3.05) is 0 Å². The van der Waals surface area contributed by atoms with Gasteiger partial charge in [0, 0.05) is 0 Å². The van der Waals surface area contributed by atoms with Crippen LogP contribution in [-0.2, 0) is 11.6 Å². The van der Waals surface area contributed by atoms with Crippen LogP contribution in [-0.4, -0.2) is 18.3 Å². The van der Waals surface area contributed by atoms with Crippen LogP contribution in [0.1, 0.15) is 37.5 Å².